The molecule has 1 atom stereocenters. The Balaban J connectivity index is 1.42. The first-order valence-electron chi connectivity index (χ1n) is 8.92. The maximum absolute atomic E-state index is 13.0. The van der Waals surface area contributed by atoms with Crippen molar-refractivity contribution in [1.82, 2.24) is 4.90 Å². The van der Waals surface area contributed by atoms with Gasteiger partial charge in [-0.2, -0.15) is 0 Å². The van der Waals surface area contributed by atoms with Gasteiger partial charge in [-0.3, -0.25) is 9.59 Å². The van der Waals surface area contributed by atoms with Crippen LogP contribution in [0, 0.1) is 11.2 Å². The molecule has 0 saturated carbocycles. The fourth-order valence-corrected chi connectivity index (χ4v) is 4.05. The fraction of sp³-hybridized carbons (Fsp3) is 0.333. The Labute approximate surface area is 152 Å². The summed E-state index contributed by atoms with van der Waals surface area (Å²) in [5, 5.41) is 0. The molecular weight excluding hydrogens is 331 g/mol. The standard InChI is InChI=1S/C21H21FN2O2/c22-17-8-6-16(7-9-17)12-19(25)23-11-10-21(14-23)13-20(26)24(15-21)18-4-2-1-3-5-18/h1-9H,10-15H2. The van der Waals surface area contributed by atoms with Crippen LogP contribution in [-0.4, -0.2) is 36.3 Å². The van der Waals surface area contributed by atoms with Crippen LogP contribution in [0.4, 0.5) is 10.1 Å². The summed E-state index contributed by atoms with van der Waals surface area (Å²) in [5.41, 5.74) is 1.59. The molecule has 2 heterocycles. The zero-order chi connectivity index (χ0) is 18.1. The van der Waals surface area contributed by atoms with E-state index in [-0.39, 0.29) is 29.5 Å². The molecule has 2 aliphatic rings. The van der Waals surface area contributed by atoms with Gasteiger partial charge in [-0.15, -0.1) is 0 Å². The number of likely N-dealkylation sites (tertiary alicyclic amines) is 1. The molecule has 0 aromatic heterocycles. The van der Waals surface area contributed by atoms with Crippen molar-refractivity contribution in [2.24, 2.45) is 5.41 Å². The van der Waals surface area contributed by atoms with Crippen LogP contribution in [0.3, 0.4) is 0 Å². The summed E-state index contributed by atoms with van der Waals surface area (Å²) in [5.74, 6) is -0.130. The van der Waals surface area contributed by atoms with Crippen molar-refractivity contribution in [3.63, 3.8) is 0 Å². The Kier molecular flexibility index (Phi) is 4.23. The summed E-state index contributed by atoms with van der Waals surface area (Å²) in [6, 6.07) is 15.7. The number of nitrogens with zero attached hydrogens (tertiary/aromatic N) is 2. The quantitative estimate of drug-likeness (QED) is 0.852. The molecule has 5 heteroatoms. The molecule has 2 aromatic carbocycles. The molecule has 2 saturated heterocycles. The van der Waals surface area contributed by atoms with Gasteiger partial charge in [0.2, 0.25) is 11.8 Å². The number of benzene rings is 2. The molecule has 2 fully saturated rings. The van der Waals surface area contributed by atoms with E-state index >= 15 is 0 Å². The molecule has 1 spiro atoms. The topological polar surface area (TPSA) is 40.6 Å². The highest BCUT2D eigenvalue weighted by molar-refractivity contribution is 5.96. The monoisotopic (exact) mass is 352 g/mol. The predicted octanol–water partition coefficient (Wildman–Crippen LogP) is 3.02. The van der Waals surface area contributed by atoms with Gasteiger partial charge in [-0.05, 0) is 36.2 Å². The molecule has 0 N–H and O–H groups in total. The smallest absolute Gasteiger partial charge is 0.227 e. The van der Waals surface area contributed by atoms with Crippen LogP contribution in [0.25, 0.3) is 0 Å². The molecule has 4 nitrogen and oxygen atoms in total. The van der Waals surface area contributed by atoms with E-state index in [4.69, 9.17) is 0 Å². The Morgan fingerprint density at radius 1 is 1.04 bits per heavy atom. The predicted molar refractivity (Wildman–Crippen MR) is 97.1 cm³/mol. The highest BCUT2D eigenvalue weighted by Gasteiger charge is 2.48. The van der Waals surface area contributed by atoms with Crippen LogP contribution in [0.5, 0.6) is 0 Å². The Morgan fingerprint density at radius 3 is 2.50 bits per heavy atom. The van der Waals surface area contributed by atoms with Crippen molar-refractivity contribution in [2.45, 2.75) is 19.3 Å². The molecule has 0 bridgehead atoms. The van der Waals surface area contributed by atoms with Crippen LogP contribution in [0.2, 0.25) is 0 Å². The second-order valence-electron chi connectivity index (χ2n) is 7.36. The number of carbonyl (C=O) groups is 2. The van der Waals surface area contributed by atoms with Crippen molar-refractivity contribution in [3.05, 3.63) is 66.0 Å². The summed E-state index contributed by atoms with van der Waals surface area (Å²) >= 11 is 0. The maximum atomic E-state index is 13.0. The lowest BCUT2D eigenvalue weighted by atomic mass is 9.86. The van der Waals surface area contributed by atoms with E-state index in [2.05, 4.69) is 0 Å². The number of rotatable bonds is 3. The Morgan fingerprint density at radius 2 is 1.77 bits per heavy atom. The largest absolute Gasteiger partial charge is 0.342 e. The number of halogens is 1. The van der Waals surface area contributed by atoms with E-state index in [0.717, 1.165) is 17.7 Å². The van der Waals surface area contributed by atoms with Crippen molar-refractivity contribution >= 4 is 17.5 Å². The third kappa shape index (κ3) is 3.21. The van der Waals surface area contributed by atoms with Crippen molar-refractivity contribution < 1.29 is 14.0 Å². The highest BCUT2D eigenvalue weighted by Crippen LogP contribution is 2.41. The van der Waals surface area contributed by atoms with Crippen molar-refractivity contribution in [3.8, 4) is 0 Å². The second-order valence-corrected chi connectivity index (χ2v) is 7.36. The lowest BCUT2D eigenvalue weighted by Gasteiger charge is -2.24. The zero-order valence-electron chi connectivity index (χ0n) is 14.5. The highest BCUT2D eigenvalue weighted by atomic mass is 19.1. The number of amides is 2. The summed E-state index contributed by atoms with van der Waals surface area (Å²) in [7, 11) is 0. The lowest BCUT2D eigenvalue weighted by molar-refractivity contribution is -0.130. The van der Waals surface area contributed by atoms with Crippen LogP contribution < -0.4 is 4.90 Å². The third-order valence-electron chi connectivity index (χ3n) is 5.45. The molecule has 2 aromatic rings. The first kappa shape index (κ1) is 16.8. The van der Waals surface area contributed by atoms with E-state index in [9.17, 15) is 14.0 Å². The molecule has 2 amide bonds. The van der Waals surface area contributed by atoms with Gasteiger partial charge in [0.15, 0.2) is 0 Å². The molecule has 0 radical (unpaired) electrons. The lowest BCUT2D eigenvalue weighted by Crippen LogP contribution is -2.34. The fourth-order valence-electron chi connectivity index (χ4n) is 4.05. The molecule has 0 aliphatic carbocycles. The van der Waals surface area contributed by atoms with E-state index in [1.807, 2.05) is 40.1 Å². The van der Waals surface area contributed by atoms with E-state index in [1.54, 1.807) is 12.1 Å². The molecule has 2 aliphatic heterocycles. The molecule has 1 unspecified atom stereocenters. The third-order valence-corrected chi connectivity index (χ3v) is 5.45. The maximum Gasteiger partial charge on any atom is 0.227 e. The Bertz CT molecular complexity index is 822. The first-order chi connectivity index (χ1) is 12.5. The van der Waals surface area contributed by atoms with Gasteiger partial charge in [-0.25, -0.2) is 4.39 Å². The first-order valence-corrected chi connectivity index (χ1v) is 8.92. The van der Waals surface area contributed by atoms with Crippen LogP contribution in [0.1, 0.15) is 18.4 Å². The van der Waals surface area contributed by atoms with Gasteiger partial charge < -0.3 is 9.80 Å². The Hall–Kier alpha value is -2.69. The number of anilines is 1. The van der Waals surface area contributed by atoms with Gasteiger partial charge in [0.1, 0.15) is 5.82 Å². The van der Waals surface area contributed by atoms with E-state index < -0.39 is 0 Å². The minimum Gasteiger partial charge on any atom is -0.342 e. The van der Waals surface area contributed by atoms with Gasteiger partial charge in [0, 0.05) is 37.2 Å². The van der Waals surface area contributed by atoms with Gasteiger partial charge in [0.05, 0.1) is 6.42 Å². The average Bonchev–Trinajstić information content (AvgIpc) is 3.21. The zero-order valence-corrected chi connectivity index (χ0v) is 14.5. The van der Waals surface area contributed by atoms with Crippen LogP contribution in [0.15, 0.2) is 54.6 Å². The minimum atomic E-state index is -0.299. The van der Waals surface area contributed by atoms with Crippen LogP contribution >= 0.6 is 0 Å². The van der Waals surface area contributed by atoms with E-state index in [1.165, 1.54) is 12.1 Å². The number of carbonyl (C=O) groups excluding carboxylic acids is 2. The number of hydrogen-bond donors (Lipinski definition) is 0. The second kappa shape index (κ2) is 6.56. The van der Waals surface area contributed by atoms with Crippen molar-refractivity contribution in [1.29, 1.82) is 0 Å². The van der Waals surface area contributed by atoms with E-state index in [0.29, 0.717) is 26.1 Å². The molecular formula is C21H21FN2O2. The van der Waals surface area contributed by atoms with Gasteiger partial charge >= 0.3 is 0 Å². The van der Waals surface area contributed by atoms with Gasteiger partial charge in [-0.1, -0.05) is 30.3 Å². The van der Waals surface area contributed by atoms with Gasteiger partial charge in [0.25, 0.3) is 0 Å². The molecule has 26 heavy (non-hydrogen) atoms. The summed E-state index contributed by atoms with van der Waals surface area (Å²) in [6.45, 7) is 1.95. The number of hydrogen-bond acceptors (Lipinski definition) is 2. The minimum absolute atomic E-state index is 0.0408. The summed E-state index contributed by atoms with van der Waals surface area (Å²) in [6.07, 6.45) is 1.60. The molecule has 4 rings (SSSR count). The average molecular weight is 352 g/mol. The molecule has 134 valence electrons. The summed E-state index contributed by atoms with van der Waals surface area (Å²) < 4.78 is 13.0. The summed E-state index contributed by atoms with van der Waals surface area (Å²) in [4.78, 5) is 28.8. The number of para-hydroxylation sites is 1. The van der Waals surface area contributed by atoms with Crippen molar-refractivity contribution in [2.75, 3.05) is 24.5 Å². The SMILES string of the molecule is O=C(Cc1ccc(F)cc1)N1CCC2(CC(=O)N(c3ccccc3)C2)C1. The van der Waals surface area contributed by atoms with Crippen LogP contribution in [-0.2, 0) is 16.0 Å². The normalized spacial score (nSPS) is 22.4.